The van der Waals surface area contributed by atoms with Gasteiger partial charge in [-0.25, -0.2) is 0 Å². The van der Waals surface area contributed by atoms with Gasteiger partial charge in [-0.15, -0.1) is 0 Å². The number of hydrogen-bond donors (Lipinski definition) is 2. The minimum Gasteiger partial charge on any atom is -0.351 e. The van der Waals surface area contributed by atoms with Crippen molar-refractivity contribution in [3.8, 4) is 0 Å². The summed E-state index contributed by atoms with van der Waals surface area (Å²) in [5.74, 6) is 0.617. The van der Waals surface area contributed by atoms with E-state index in [4.69, 9.17) is 0 Å². The normalized spacial score (nSPS) is 10.4. The van der Waals surface area contributed by atoms with Gasteiger partial charge >= 0.3 is 0 Å². The van der Waals surface area contributed by atoms with Crippen LogP contribution in [-0.2, 0) is 11.3 Å². The molecule has 0 spiro atoms. The number of nitrogens with one attached hydrogen (secondary N) is 2. The third-order valence-electron chi connectivity index (χ3n) is 2.17. The molecule has 0 bridgehead atoms. The summed E-state index contributed by atoms with van der Waals surface area (Å²) in [5.41, 5.74) is 1.12. The Labute approximate surface area is 97.2 Å². The average Bonchev–Trinajstić information content (AvgIpc) is 2.27. The van der Waals surface area contributed by atoms with Crippen molar-refractivity contribution in [2.75, 3.05) is 13.1 Å². The maximum atomic E-state index is 11.4. The lowest BCUT2D eigenvalue weighted by Crippen LogP contribution is -2.34. The molecule has 16 heavy (non-hydrogen) atoms. The van der Waals surface area contributed by atoms with Crippen LogP contribution in [0.5, 0.6) is 0 Å². The Kier molecular flexibility index (Phi) is 5.57. The van der Waals surface area contributed by atoms with E-state index in [2.05, 4.69) is 24.5 Å². The zero-order valence-electron chi connectivity index (χ0n) is 9.99. The Hall–Kier alpha value is -1.35. The Morgan fingerprint density at radius 2 is 1.94 bits per heavy atom. The highest BCUT2D eigenvalue weighted by Gasteiger charge is 2.00. The summed E-state index contributed by atoms with van der Waals surface area (Å²) in [7, 11) is 0. The van der Waals surface area contributed by atoms with Gasteiger partial charge in [0, 0.05) is 6.54 Å². The molecule has 0 saturated heterocycles. The number of carbonyl (C=O) groups excluding carboxylic acids is 1. The van der Waals surface area contributed by atoms with Crippen LogP contribution in [0.4, 0.5) is 0 Å². The van der Waals surface area contributed by atoms with E-state index in [-0.39, 0.29) is 5.91 Å². The predicted octanol–water partition coefficient (Wildman–Crippen LogP) is 1.55. The average molecular weight is 220 g/mol. The van der Waals surface area contributed by atoms with E-state index in [1.54, 1.807) is 0 Å². The van der Waals surface area contributed by atoms with Gasteiger partial charge in [0.05, 0.1) is 6.54 Å². The molecule has 0 aromatic heterocycles. The third kappa shape index (κ3) is 5.51. The molecule has 0 fully saturated rings. The van der Waals surface area contributed by atoms with Crippen molar-refractivity contribution < 1.29 is 4.79 Å². The fourth-order valence-electron chi connectivity index (χ4n) is 1.33. The summed E-state index contributed by atoms with van der Waals surface area (Å²) in [6, 6.07) is 9.91. The number of carbonyl (C=O) groups is 1. The molecule has 2 N–H and O–H groups in total. The summed E-state index contributed by atoms with van der Waals surface area (Å²) in [6.07, 6.45) is 0. The first kappa shape index (κ1) is 12.7. The van der Waals surface area contributed by atoms with E-state index in [9.17, 15) is 4.79 Å². The number of rotatable bonds is 6. The summed E-state index contributed by atoms with van der Waals surface area (Å²) in [4.78, 5) is 11.4. The molecular formula is C13H20N2O. The Balaban J connectivity index is 2.16. The molecule has 0 saturated carbocycles. The van der Waals surface area contributed by atoms with Gasteiger partial charge in [-0.05, 0) is 18.0 Å². The van der Waals surface area contributed by atoms with Crippen LogP contribution in [0, 0.1) is 5.92 Å². The second-order valence-electron chi connectivity index (χ2n) is 4.29. The van der Waals surface area contributed by atoms with E-state index in [1.165, 1.54) is 0 Å². The SMILES string of the molecule is CC(C)CNCC(=O)NCc1ccccc1. The van der Waals surface area contributed by atoms with Crippen molar-refractivity contribution in [3.63, 3.8) is 0 Å². The van der Waals surface area contributed by atoms with Gasteiger partial charge in [-0.2, -0.15) is 0 Å². The molecule has 0 aliphatic heterocycles. The van der Waals surface area contributed by atoms with Crippen LogP contribution in [0.25, 0.3) is 0 Å². The van der Waals surface area contributed by atoms with Crippen LogP contribution in [-0.4, -0.2) is 19.0 Å². The van der Waals surface area contributed by atoms with Crippen molar-refractivity contribution in [1.29, 1.82) is 0 Å². The van der Waals surface area contributed by atoms with Crippen molar-refractivity contribution in [1.82, 2.24) is 10.6 Å². The molecule has 3 heteroatoms. The largest absolute Gasteiger partial charge is 0.351 e. The monoisotopic (exact) mass is 220 g/mol. The summed E-state index contributed by atoms with van der Waals surface area (Å²) in [5, 5.41) is 5.98. The van der Waals surface area contributed by atoms with Crippen LogP contribution in [0.1, 0.15) is 19.4 Å². The van der Waals surface area contributed by atoms with Crippen molar-refractivity contribution in [2.45, 2.75) is 20.4 Å². The highest BCUT2D eigenvalue weighted by Crippen LogP contribution is 1.96. The zero-order chi connectivity index (χ0) is 11.8. The maximum absolute atomic E-state index is 11.4. The number of amides is 1. The lowest BCUT2D eigenvalue weighted by atomic mass is 10.2. The van der Waals surface area contributed by atoms with Crippen LogP contribution in [0.2, 0.25) is 0 Å². The first-order chi connectivity index (χ1) is 7.68. The molecule has 1 aromatic rings. The van der Waals surface area contributed by atoms with E-state index in [0.717, 1.165) is 12.1 Å². The molecular weight excluding hydrogens is 200 g/mol. The van der Waals surface area contributed by atoms with E-state index in [1.807, 2.05) is 30.3 Å². The fraction of sp³-hybridized carbons (Fsp3) is 0.462. The van der Waals surface area contributed by atoms with E-state index in [0.29, 0.717) is 19.0 Å². The second kappa shape index (κ2) is 7.01. The smallest absolute Gasteiger partial charge is 0.234 e. The van der Waals surface area contributed by atoms with Gasteiger partial charge in [-0.1, -0.05) is 44.2 Å². The zero-order valence-corrected chi connectivity index (χ0v) is 9.99. The van der Waals surface area contributed by atoms with Gasteiger partial charge < -0.3 is 10.6 Å². The van der Waals surface area contributed by atoms with Gasteiger partial charge in [0.15, 0.2) is 0 Å². The summed E-state index contributed by atoms with van der Waals surface area (Å²) in [6.45, 7) is 6.11. The standard InChI is InChI=1S/C13H20N2O/c1-11(2)8-14-10-13(16)15-9-12-6-4-3-5-7-12/h3-7,11,14H,8-10H2,1-2H3,(H,15,16). The van der Waals surface area contributed by atoms with Crippen LogP contribution in [0.15, 0.2) is 30.3 Å². The van der Waals surface area contributed by atoms with Crippen LogP contribution >= 0.6 is 0 Å². The topological polar surface area (TPSA) is 41.1 Å². The highest BCUT2D eigenvalue weighted by molar-refractivity contribution is 5.77. The molecule has 1 aromatic carbocycles. The Morgan fingerprint density at radius 3 is 2.56 bits per heavy atom. The minimum atomic E-state index is 0.0458. The fourth-order valence-corrected chi connectivity index (χ4v) is 1.33. The minimum absolute atomic E-state index is 0.0458. The predicted molar refractivity (Wildman–Crippen MR) is 66.0 cm³/mol. The van der Waals surface area contributed by atoms with Gasteiger partial charge in [0.1, 0.15) is 0 Å². The Bertz CT molecular complexity index is 309. The molecule has 0 unspecified atom stereocenters. The van der Waals surface area contributed by atoms with Crippen molar-refractivity contribution >= 4 is 5.91 Å². The molecule has 1 rings (SSSR count). The van der Waals surface area contributed by atoms with Gasteiger partial charge in [0.2, 0.25) is 5.91 Å². The third-order valence-corrected chi connectivity index (χ3v) is 2.17. The molecule has 0 aliphatic rings. The van der Waals surface area contributed by atoms with E-state index >= 15 is 0 Å². The molecule has 0 atom stereocenters. The van der Waals surface area contributed by atoms with E-state index < -0.39 is 0 Å². The molecule has 0 radical (unpaired) electrons. The molecule has 88 valence electrons. The highest BCUT2D eigenvalue weighted by atomic mass is 16.1. The molecule has 0 aliphatic carbocycles. The Morgan fingerprint density at radius 1 is 1.25 bits per heavy atom. The van der Waals surface area contributed by atoms with Crippen LogP contribution in [0.3, 0.4) is 0 Å². The lowest BCUT2D eigenvalue weighted by molar-refractivity contribution is -0.120. The summed E-state index contributed by atoms with van der Waals surface area (Å²) < 4.78 is 0. The molecule has 1 amide bonds. The molecule has 0 heterocycles. The van der Waals surface area contributed by atoms with Gasteiger partial charge in [0.25, 0.3) is 0 Å². The quantitative estimate of drug-likeness (QED) is 0.763. The number of hydrogen-bond acceptors (Lipinski definition) is 2. The first-order valence-corrected chi connectivity index (χ1v) is 5.70. The van der Waals surface area contributed by atoms with Crippen molar-refractivity contribution in [3.05, 3.63) is 35.9 Å². The summed E-state index contributed by atoms with van der Waals surface area (Å²) >= 11 is 0. The second-order valence-corrected chi connectivity index (χ2v) is 4.29. The number of benzene rings is 1. The first-order valence-electron chi connectivity index (χ1n) is 5.70. The molecule has 3 nitrogen and oxygen atoms in total. The lowest BCUT2D eigenvalue weighted by Gasteiger charge is -2.08. The van der Waals surface area contributed by atoms with Crippen LogP contribution < -0.4 is 10.6 Å². The van der Waals surface area contributed by atoms with Crippen molar-refractivity contribution in [2.24, 2.45) is 5.92 Å². The van der Waals surface area contributed by atoms with Gasteiger partial charge in [-0.3, -0.25) is 4.79 Å². The maximum Gasteiger partial charge on any atom is 0.234 e.